The van der Waals surface area contributed by atoms with Crippen molar-refractivity contribution in [1.29, 1.82) is 0 Å². The molecule has 2 heteroatoms. The molecule has 0 bridgehead atoms. The molecule has 0 amide bonds. The zero-order valence-electron chi connectivity index (χ0n) is 28.4. The standard InChI is InChI=1S/C37H27NO/c1-37(2)30-16-8-9-18-33(30)39-34-22-20-25(23-31(34)37)27-15-10-17-32-35(27)29-21-19-24-11-6-7-14-28(24)36(29)38(32)26-12-4-3-5-13-26/h3-23H,1-2H3/i8D,9D,16D,18D,20D,22D,23D. The number of rotatable bonds is 2. The largest absolute Gasteiger partial charge is 0.457 e. The van der Waals surface area contributed by atoms with Crippen LogP contribution >= 0.6 is 0 Å². The van der Waals surface area contributed by atoms with E-state index in [1.54, 1.807) is 13.8 Å². The predicted octanol–water partition coefficient (Wildman–Crippen LogP) is 10.0. The Kier molecular flexibility index (Phi) is 3.36. The van der Waals surface area contributed by atoms with Crippen LogP contribution in [0.3, 0.4) is 0 Å². The van der Waals surface area contributed by atoms with Crippen molar-refractivity contribution in [2.24, 2.45) is 0 Å². The van der Waals surface area contributed by atoms with Gasteiger partial charge < -0.3 is 9.30 Å². The highest BCUT2D eigenvalue weighted by molar-refractivity contribution is 6.22. The second-order valence-corrected chi connectivity index (χ2v) is 10.4. The van der Waals surface area contributed by atoms with Gasteiger partial charge in [0.15, 0.2) is 0 Å². The molecular formula is C37H27NO. The van der Waals surface area contributed by atoms with Crippen LogP contribution in [0.25, 0.3) is 49.4 Å². The maximum Gasteiger partial charge on any atom is 0.131 e. The van der Waals surface area contributed by atoms with Crippen molar-refractivity contribution >= 4 is 32.6 Å². The van der Waals surface area contributed by atoms with Crippen LogP contribution in [-0.4, -0.2) is 4.57 Å². The van der Waals surface area contributed by atoms with Crippen LogP contribution in [0, 0.1) is 0 Å². The third-order valence-corrected chi connectivity index (χ3v) is 7.85. The first kappa shape index (κ1) is 16.2. The van der Waals surface area contributed by atoms with E-state index in [0.717, 1.165) is 38.3 Å². The van der Waals surface area contributed by atoms with E-state index < -0.39 is 11.5 Å². The lowest BCUT2D eigenvalue weighted by Gasteiger charge is -2.34. The maximum absolute atomic E-state index is 9.62. The molecule has 0 saturated carbocycles. The maximum atomic E-state index is 9.62. The SMILES string of the molecule is [2H]c1c([2H])c([2H])c2c(c1[2H])Oc1c([2H])c([2H])c(-c3cccc4c3c3ccc5ccccc5c3n4-c3ccccc3)c([2H])c1C2(C)C. The van der Waals surface area contributed by atoms with E-state index in [2.05, 4.69) is 41.0 Å². The molecule has 0 radical (unpaired) electrons. The summed E-state index contributed by atoms with van der Waals surface area (Å²) in [6, 6.07) is 26.5. The van der Waals surface area contributed by atoms with Gasteiger partial charge >= 0.3 is 0 Å². The van der Waals surface area contributed by atoms with Crippen LogP contribution in [0.2, 0.25) is 0 Å². The van der Waals surface area contributed by atoms with E-state index in [0.29, 0.717) is 11.1 Å². The number of nitrogens with zero attached hydrogens (tertiary/aromatic N) is 1. The lowest BCUT2D eigenvalue weighted by Crippen LogP contribution is -2.24. The smallest absolute Gasteiger partial charge is 0.131 e. The normalized spacial score (nSPS) is 16.3. The summed E-state index contributed by atoms with van der Waals surface area (Å²) in [4.78, 5) is 0. The van der Waals surface area contributed by atoms with E-state index >= 15 is 0 Å². The minimum absolute atomic E-state index is 0.00652. The summed E-state index contributed by atoms with van der Waals surface area (Å²) in [5, 5.41) is 3.95. The molecule has 0 saturated heterocycles. The lowest BCUT2D eigenvalue weighted by molar-refractivity contribution is 0.418. The number of hydrogen-bond donors (Lipinski definition) is 0. The summed E-state index contributed by atoms with van der Waals surface area (Å²) in [5.74, 6) is -0.0883. The summed E-state index contributed by atoms with van der Waals surface area (Å²) in [6.45, 7) is 3.57. The van der Waals surface area contributed by atoms with Gasteiger partial charge in [-0.3, -0.25) is 0 Å². The number of para-hydroxylation sites is 2. The molecule has 1 aliphatic rings. The number of fused-ring (bicyclic) bond motifs is 7. The van der Waals surface area contributed by atoms with Gasteiger partial charge in [0.25, 0.3) is 0 Å². The summed E-state index contributed by atoms with van der Waals surface area (Å²) in [7, 11) is 0. The van der Waals surface area contributed by atoms with Crippen molar-refractivity contribution in [3.8, 4) is 28.3 Å². The summed E-state index contributed by atoms with van der Waals surface area (Å²) < 4.78 is 70.0. The number of hydrogen-bond acceptors (Lipinski definition) is 1. The fraction of sp³-hybridized carbons (Fsp3) is 0.0811. The predicted molar refractivity (Wildman–Crippen MR) is 162 cm³/mol. The molecule has 0 atom stereocenters. The van der Waals surface area contributed by atoms with Gasteiger partial charge in [0, 0.05) is 38.4 Å². The third-order valence-electron chi connectivity index (χ3n) is 7.85. The van der Waals surface area contributed by atoms with Crippen LogP contribution in [-0.2, 0) is 5.41 Å². The van der Waals surface area contributed by atoms with Crippen LogP contribution in [0.5, 0.6) is 11.5 Å². The highest BCUT2D eigenvalue weighted by Gasteiger charge is 2.34. The summed E-state index contributed by atoms with van der Waals surface area (Å²) in [5.41, 5.74) is 3.20. The van der Waals surface area contributed by atoms with E-state index in [9.17, 15) is 2.74 Å². The fourth-order valence-electron chi connectivity index (χ4n) is 5.97. The molecule has 0 spiro atoms. The van der Waals surface area contributed by atoms with Gasteiger partial charge in [0.05, 0.1) is 20.6 Å². The van der Waals surface area contributed by atoms with E-state index in [-0.39, 0.29) is 58.9 Å². The van der Waals surface area contributed by atoms with Gasteiger partial charge in [-0.1, -0.05) is 105 Å². The number of benzene rings is 6. The average molecular weight is 509 g/mol. The van der Waals surface area contributed by atoms with Gasteiger partial charge in [-0.15, -0.1) is 0 Å². The molecule has 0 N–H and O–H groups in total. The highest BCUT2D eigenvalue weighted by atomic mass is 16.5. The number of ether oxygens (including phenoxy) is 1. The summed E-state index contributed by atoms with van der Waals surface area (Å²) in [6.07, 6.45) is 0. The Balaban J connectivity index is 1.50. The number of aromatic nitrogens is 1. The highest BCUT2D eigenvalue weighted by Crippen LogP contribution is 2.49. The van der Waals surface area contributed by atoms with Crippen LogP contribution in [0.4, 0.5) is 0 Å². The first-order valence-electron chi connectivity index (χ1n) is 16.5. The van der Waals surface area contributed by atoms with E-state index in [4.69, 9.17) is 11.6 Å². The molecule has 7 aromatic rings. The van der Waals surface area contributed by atoms with Gasteiger partial charge in [-0.05, 0) is 52.8 Å². The lowest BCUT2D eigenvalue weighted by atomic mass is 9.75. The Hall–Kier alpha value is -4.82. The van der Waals surface area contributed by atoms with Crippen molar-refractivity contribution in [1.82, 2.24) is 4.57 Å². The van der Waals surface area contributed by atoms with E-state index in [1.165, 1.54) is 0 Å². The van der Waals surface area contributed by atoms with Gasteiger partial charge in [0.2, 0.25) is 0 Å². The molecule has 0 unspecified atom stereocenters. The van der Waals surface area contributed by atoms with Crippen molar-refractivity contribution in [3.05, 3.63) is 138 Å². The van der Waals surface area contributed by atoms with Crippen molar-refractivity contribution in [2.75, 3.05) is 0 Å². The Morgan fingerprint density at radius 3 is 2.38 bits per heavy atom. The first-order valence-corrected chi connectivity index (χ1v) is 13.0. The molecule has 0 aliphatic carbocycles. The average Bonchev–Trinajstić information content (AvgIpc) is 3.40. The Labute approximate surface area is 237 Å². The molecule has 1 aromatic heterocycles. The van der Waals surface area contributed by atoms with Crippen molar-refractivity contribution in [3.63, 3.8) is 0 Å². The van der Waals surface area contributed by atoms with Crippen LogP contribution in [0.15, 0.2) is 127 Å². The second kappa shape index (κ2) is 8.09. The van der Waals surface area contributed by atoms with Gasteiger partial charge in [-0.2, -0.15) is 0 Å². The van der Waals surface area contributed by atoms with Gasteiger partial charge in [-0.25, -0.2) is 0 Å². The molecule has 0 fully saturated rings. The fourth-order valence-corrected chi connectivity index (χ4v) is 5.97. The molecular weight excluding hydrogens is 474 g/mol. The molecule has 2 nitrogen and oxygen atoms in total. The minimum Gasteiger partial charge on any atom is -0.457 e. The minimum atomic E-state index is -1.13. The quantitative estimate of drug-likeness (QED) is 0.227. The molecule has 186 valence electrons. The summed E-state index contributed by atoms with van der Waals surface area (Å²) >= 11 is 0. The van der Waals surface area contributed by atoms with E-state index in [1.807, 2.05) is 48.5 Å². The topological polar surface area (TPSA) is 14.2 Å². The van der Waals surface area contributed by atoms with Crippen molar-refractivity contribution < 1.29 is 14.3 Å². The van der Waals surface area contributed by atoms with Crippen molar-refractivity contribution in [2.45, 2.75) is 19.3 Å². The zero-order valence-corrected chi connectivity index (χ0v) is 21.4. The van der Waals surface area contributed by atoms with Crippen LogP contribution < -0.4 is 4.74 Å². The Morgan fingerprint density at radius 1 is 0.692 bits per heavy atom. The Morgan fingerprint density at radius 2 is 1.49 bits per heavy atom. The first-order chi connectivity index (χ1) is 22.0. The van der Waals surface area contributed by atoms with Crippen LogP contribution in [0.1, 0.15) is 34.6 Å². The molecule has 1 aliphatic heterocycles. The molecule has 6 aromatic carbocycles. The monoisotopic (exact) mass is 508 g/mol. The molecule has 2 heterocycles. The second-order valence-electron chi connectivity index (χ2n) is 10.4. The molecule has 39 heavy (non-hydrogen) atoms. The molecule has 8 rings (SSSR count). The zero-order chi connectivity index (χ0) is 32.2. The van der Waals surface area contributed by atoms with Gasteiger partial charge in [0.1, 0.15) is 11.5 Å². The third kappa shape index (κ3) is 3.15. The Bertz CT molecular complexity index is 2450.